The molecule has 1 aromatic rings. The molecule has 0 aromatic heterocycles. The van der Waals surface area contributed by atoms with E-state index in [4.69, 9.17) is 23.8 Å². The molecule has 0 aliphatic carbocycles. The molecule has 0 heterocycles. The Hall–Kier alpha value is -0.890. The molecule has 0 N–H and O–H groups in total. The van der Waals surface area contributed by atoms with Gasteiger partial charge in [-0.2, -0.15) is 0 Å². The highest BCUT2D eigenvalue weighted by Gasteiger charge is 2.02. The highest BCUT2D eigenvalue weighted by Crippen LogP contribution is 2.27. The summed E-state index contributed by atoms with van der Waals surface area (Å²) in [7, 11) is 3.01. The normalized spacial score (nSPS) is 13.2. The van der Waals surface area contributed by atoms with E-state index < -0.39 is 5.83 Å². The summed E-state index contributed by atoms with van der Waals surface area (Å²) in [5.41, 5.74) is 0.344. The van der Waals surface area contributed by atoms with Crippen LogP contribution in [0.5, 0.6) is 11.5 Å². The molecule has 0 atom stereocenters. The van der Waals surface area contributed by atoms with Gasteiger partial charge in [0.15, 0.2) is 11.5 Å². The van der Waals surface area contributed by atoms with Crippen LogP contribution in [-0.4, -0.2) is 14.2 Å². The first-order chi connectivity index (χ1) is 6.49. The lowest BCUT2D eigenvalue weighted by atomic mass is 10.2. The number of alkyl halides is 1. The van der Waals surface area contributed by atoms with E-state index >= 15 is 0 Å². The van der Waals surface area contributed by atoms with Crippen LogP contribution in [0.25, 0.3) is 0 Å². The molecule has 0 radical (unpaired) electrons. The zero-order valence-corrected chi connectivity index (χ0v) is 7.68. The second kappa shape index (κ2) is 4.21. The molecule has 0 saturated carbocycles. The molecule has 66 valence electrons. The smallest absolute Gasteiger partial charge is 0.161 e. The molecule has 1 rings (SSSR count). The molecule has 0 aliphatic rings. The van der Waals surface area contributed by atoms with Gasteiger partial charge in [-0.1, -0.05) is 6.07 Å². The Bertz CT molecular complexity index is 323. The van der Waals surface area contributed by atoms with Crippen LogP contribution in [0, 0.1) is 0 Å². The lowest BCUT2D eigenvalue weighted by Crippen LogP contribution is -1.91. The minimum atomic E-state index is -1.89. The van der Waals surface area contributed by atoms with Crippen LogP contribution < -0.4 is 9.47 Å². The number of methoxy groups -OCH3 is 2. The predicted molar refractivity (Wildman–Crippen MR) is 49.1 cm³/mol. The van der Waals surface area contributed by atoms with Crippen LogP contribution in [0.1, 0.15) is 8.30 Å². The molecule has 1 aromatic carbocycles. The van der Waals surface area contributed by atoms with E-state index in [1.807, 2.05) is 0 Å². The summed E-state index contributed by atoms with van der Waals surface area (Å²) in [6.07, 6.45) is 0. The number of rotatable bonds is 3. The summed E-state index contributed by atoms with van der Waals surface area (Å²) in [6, 6.07) is 4.70. The molecular weight excluding hydrogens is 176 g/mol. The van der Waals surface area contributed by atoms with Crippen LogP contribution >= 0.6 is 11.6 Å². The molecule has 0 unspecified atom stereocenters. The molecule has 0 saturated heterocycles. The van der Waals surface area contributed by atoms with Crippen molar-refractivity contribution in [2.24, 2.45) is 0 Å². The van der Waals surface area contributed by atoms with Gasteiger partial charge in [0.05, 0.1) is 14.2 Å². The first-order valence-corrected chi connectivity index (χ1v) is 3.78. The summed E-state index contributed by atoms with van der Waals surface area (Å²) >= 11 is 5.52. The predicted octanol–water partition coefficient (Wildman–Crippen LogP) is 2.44. The van der Waals surface area contributed by atoms with Gasteiger partial charge in [0, 0.05) is 8.57 Å². The average Bonchev–Trinajstić information content (AvgIpc) is 2.15. The van der Waals surface area contributed by atoms with Gasteiger partial charge < -0.3 is 9.47 Å². The zero-order chi connectivity index (χ0) is 10.8. The van der Waals surface area contributed by atoms with Gasteiger partial charge in [0.25, 0.3) is 0 Å². The largest absolute Gasteiger partial charge is 0.493 e. The van der Waals surface area contributed by atoms with Crippen molar-refractivity contribution >= 4 is 11.6 Å². The maximum Gasteiger partial charge on any atom is 0.161 e. The molecular formula is C9H11ClO2. The van der Waals surface area contributed by atoms with Crippen LogP contribution in [0.4, 0.5) is 0 Å². The van der Waals surface area contributed by atoms with Crippen molar-refractivity contribution in [3.63, 3.8) is 0 Å². The number of hydrogen-bond donors (Lipinski definition) is 0. The molecule has 0 fully saturated rings. The molecule has 0 spiro atoms. The first kappa shape index (κ1) is 6.61. The summed E-state index contributed by atoms with van der Waals surface area (Å²) in [6.45, 7) is 0. The van der Waals surface area contributed by atoms with Crippen LogP contribution in [-0.2, 0) is 5.83 Å². The van der Waals surface area contributed by atoms with Gasteiger partial charge in [-0.3, -0.25) is 0 Å². The second-order valence-corrected chi connectivity index (χ2v) is 2.35. The van der Waals surface area contributed by atoms with Gasteiger partial charge in [0.2, 0.25) is 0 Å². The van der Waals surface area contributed by atoms with Crippen LogP contribution in [0.15, 0.2) is 18.2 Å². The third kappa shape index (κ3) is 1.83. The van der Waals surface area contributed by atoms with E-state index in [-0.39, 0.29) is 0 Å². The van der Waals surface area contributed by atoms with Crippen molar-refractivity contribution in [2.75, 3.05) is 14.2 Å². The number of halogens is 1. The minimum Gasteiger partial charge on any atom is -0.493 e. The monoisotopic (exact) mass is 188 g/mol. The quantitative estimate of drug-likeness (QED) is 0.679. The van der Waals surface area contributed by atoms with Crippen molar-refractivity contribution in [1.82, 2.24) is 0 Å². The highest BCUT2D eigenvalue weighted by atomic mass is 35.5. The molecule has 0 bridgehead atoms. The van der Waals surface area contributed by atoms with E-state index in [1.54, 1.807) is 12.1 Å². The summed E-state index contributed by atoms with van der Waals surface area (Å²) in [4.78, 5) is 0. The number of benzene rings is 1. The first-order valence-electron chi connectivity index (χ1n) is 4.40. The molecule has 2 nitrogen and oxygen atoms in total. The van der Waals surface area contributed by atoms with E-state index in [0.717, 1.165) is 0 Å². The average molecular weight is 189 g/mol. The minimum absolute atomic E-state index is 0.344. The van der Waals surface area contributed by atoms with E-state index in [1.165, 1.54) is 20.3 Å². The van der Waals surface area contributed by atoms with Crippen molar-refractivity contribution in [2.45, 2.75) is 5.83 Å². The molecule has 0 aliphatic heterocycles. The van der Waals surface area contributed by atoms with Gasteiger partial charge >= 0.3 is 0 Å². The van der Waals surface area contributed by atoms with Crippen molar-refractivity contribution in [1.29, 1.82) is 0 Å². The fourth-order valence-electron chi connectivity index (χ4n) is 0.895. The Balaban J connectivity index is 3.14. The third-order valence-corrected chi connectivity index (χ3v) is 1.71. The van der Waals surface area contributed by atoms with E-state index in [0.29, 0.717) is 17.1 Å². The Morgan fingerprint density at radius 2 is 2.00 bits per heavy atom. The van der Waals surface area contributed by atoms with Gasteiger partial charge in [0.1, 0.15) is 0 Å². The fraction of sp³-hybridized carbons (Fsp3) is 0.333. The summed E-state index contributed by atoms with van der Waals surface area (Å²) in [5, 5.41) is 0. The lowest BCUT2D eigenvalue weighted by Gasteiger charge is -2.07. The summed E-state index contributed by atoms with van der Waals surface area (Å²) < 4.78 is 24.7. The molecule has 12 heavy (non-hydrogen) atoms. The Labute approximate surface area is 79.9 Å². The highest BCUT2D eigenvalue weighted by molar-refractivity contribution is 6.17. The van der Waals surface area contributed by atoms with Crippen molar-refractivity contribution in [3.8, 4) is 11.5 Å². The van der Waals surface area contributed by atoms with Crippen LogP contribution in [0.3, 0.4) is 0 Å². The fourth-order valence-corrected chi connectivity index (χ4v) is 1.01. The Morgan fingerprint density at radius 3 is 2.50 bits per heavy atom. The molecule has 0 amide bonds. The van der Waals surface area contributed by atoms with E-state index in [9.17, 15) is 0 Å². The maximum absolute atomic E-state index is 7.31. The Kier molecular flexibility index (Phi) is 2.32. The van der Waals surface area contributed by atoms with Crippen molar-refractivity contribution < 1.29 is 12.2 Å². The third-order valence-electron chi connectivity index (χ3n) is 1.49. The standard InChI is InChI=1S/C9H11ClO2/c1-11-8-4-3-7(6-10)5-9(8)12-2/h3-5H,6H2,1-2H3/i6D2. The Morgan fingerprint density at radius 1 is 1.33 bits per heavy atom. The second-order valence-electron chi connectivity index (χ2n) is 2.16. The number of ether oxygens (including phenoxy) is 2. The van der Waals surface area contributed by atoms with Crippen LogP contribution in [0.2, 0.25) is 0 Å². The summed E-state index contributed by atoms with van der Waals surface area (Å²) in [5.74, 6) is -0.869. The van der Waals surface area contributed by atoms with Gasteiger partial charge in [-0.15, -0.1) is 11.6 Å². The molecule has 3 heteroatoms. The lowest BCUT2D eigenvalue weighted by molar-refractivity contribution is 0.354. The number of hydrogen-bond acceptors (Lipinski definition) is 2. The SMILES string of the molecule is [2H]C([2H])(Cl)c1ccc(OC)c(OC)c1. The van der Waals surface area contributed by atoms with Gasteiger partial charge in [-0.25, -0.2) is 0 Å². The van der Waals surface area contributed by atoms with Gasteiger partial charge in [-0.05, 0) is 17.7 Å². The zero-order valence-electron chi connectivity index (χ0n) is 8.93. The maximum atomic E-state index is 7.31. The van der Waals surface area contributed by atoms with Crippen molar-refractivity contribution in [3.05, 3.63) is 23.8 Å². The topological polar surface area (TPSA) is 18.5 Å². The van der Waals surface area contributed by atoms with E-state index in [2.05, 4.69) is 0 Å².